The van der Waals surface area contributed by atoms with E-state index in [1.54, 1.807) is 31.4 Å². The molecule has 3 heterocycles. The maximum atomic E-state index is 13.2. The molecule has 11 nitrogen and oxygen atoms in total. The van der Waals surface area contributed by atoms with Gasteiger partial charge in [-0.3, -0.25) is 24.0 Å². The molecule has 3 unspecified atom stereocenters. The number of rotatable bonds is 4. The predicted octanol–water partition coefficient (Wildman–Crippen LogP) is 1.67. The lowest BCUT2D eigenvalue weighted by molar-refractivity contribution is -0.150. The molecule has 3 N–H and O–H groups in total. The third kappa shape index (κ3) is 7.25. The van der Waals surface area contributed by atoms with Crippen LogP contribution in [-0.2, 0) is 38.9 Å². The highest BCUT2D eigenvalue weighted by atomic mass is 33.1. The molecule has 1 aromatic heterocycles. The number of esters is 1. The molecule has 2 aliphatic heterocycles. The molecule has 1 aromatic rings. The number of aliphatic hydroxyl groups is 1. The fraction of sp³-hybridized carbons (Fsp3) is 0.440. The van der Waals surface area contributed by atoms with Crippen LogP contribution in [0.3, 0.4) is 0 Å². The third-order valence-corrected chi connectivity index (χ3v) is 11.4. The lowest BCUT2D eigenvalue weighted by Gasteiger charge is -2.35. The number of amides is 2. The summed E-state index contributed by atoms with van der Waals surface area (Å²) in [5, 5.41) is 17.8. The summed E-state index contributed by atoms with van der Waals surface area (Å²) in [5.41, 5.74) is -0.936. The van der Waals surface area contributed by atoms with Gasteiger partial charge >= 0.3 is 5.97 Å². The number of aromatic nitrogens is 1. The van der Waals surface area contributed by atoms with Gasteiger partial charge in [0.05, 0.1) is 18.2 Å². The van der Waals surface area contributed by atoms with Gasteiger partial charge in [-0.2, -0.15) is 0 Å². The van der Waals surface area contributed by atoms with Crippen LogP contribution >= 0.6 is 22.1 Å². The van der Waals surface area contributed by atoms with Gasteiger partial charge in [-0.25, -0.2) is 4.98 Å². The standard InChI is InChI=1S/C25H29N3O8S3/c1-15-8-9-25(24(3,34)23(33)38-39(25)35)11-20(31)27-16(2)22-28-17(13-37-22)6-4-5-7-18(30)19(10-15)36-21(32)12-26-14-29/h4-7,10,13-14,16,19,34H,8-9,11-12H2,1-3H3,(H,26,29)(H,27,31)/b6-4-,7-5+,15-10+/t16?,19?,24-,25+,39?/m0/s1. The molecule has 2 aliphatic rings. The summed E-state index contributed by atoms with van der Waals surface area (Å²) in [5.74, 6) is -1.90. The Kier molecular flexibility index (Phi) is 10.3. The number of ketones is 1. The van der Waals surface area contributed by atoms with Crippen molar-refractivity contribution in [3.63, 3.8) is 0 Å². The van der Waals surface area contributed by atoms with Crippen LogP contribution in [-0.4, -0.2) is 66.8 Å². The quantitative estimate of drug-likeness (QED) is 0.153. The molecule has 2 amide bonds. The number of fused-ring (bicyclic) bond motifs is 2. The van der Waals surface area contributed by atoms with Gasteiger partial charge in [0, 0.05) is 22.0 Å². The Morgan fingerprint density at radius 1 is 1.36 bits per heavy atom. The number of thiazole rings is 1. The highest BCUT2D eigenvalue weighted by Gasteiger charge is 2.69. The summed E-state index contributed by atoms with van der Waals surface area (Å²) < 4.78 is 16.9. The van der Waals surface area contributed by atoms with Gasteiger partial charge in [0.1, 0.15) is 11.6 Å². The molecule has 1 spiro atoms. The van der Waals surface area contributed by atoms with Crippen LogP contribution in [0.25, 0.3) is 6.08 Å². The number of nitrogens with zero attached hydrogens (tertiary/aromatic N) is 1. The van der Waals surface area contributed by atoms with Crippen LogP contribution in [0.5, 0.6) is 0 Å². The van der Waals surface area contributed by atoms with Crippen molar-refractivity contribution in [2.24, 2.45) is 0 Å². The van der Waals surface area contributed by atoms with Gasteiger partial charge in [0.25, 0.3) is 5.12 Å². The zero-order valence-electron chi connectivity index (χ0n) is 21.5. The average molecular weight is 596 g/mol. The van der Waals surface area contributed by atoms with Gasteiger partial charge in [-0.05, 0) is 45.4 Å². The largest absolute Gasteiger partial charge is 0.604 e. The minimum absolute atomic E-state index is 0.0307. The maximum Gasteiger partial charge on any atom is 0.326 e. The second-order valence-electron chi connectivity index (χ2n) is 9.29. The Morgan fingerprint density at radius 2 is 2.08 bits per heavy atom. The van der Waals surface area contributed by atoms with E-state index >= 15 is 0 Å². The Balaban J connectivity index is 2.00. The second kappa shape index (κ2) is 13.0. The van der Waals surface area contributed by atoms with Crippen molar-refractivity contribution in [1.82, 2.24) is 15.6 Å². The topological polar surface area (TPSA) is 175 Å². The highest BCUT2D eigenvalue weighted by Crippen LogP contribution is 2.52. The van der Waals surface area contributed by atoms with E-state index in [0.29, 0.717) is 33.5 Å². The van der Waals surface area contributed by atoms with Crippen molar-refractivity contribution in [2.45, 2.75) is 62.5 Å². The molecular formula is C25H29N3O8S3. The van der Waals surface area contributed by atoms with Crippen LogP contribution < -0.4 is 10.6 Å². The van der Waals surface area contributed by atoms with Crippen LogP contribution in [0.2, 0.25) is 0 Å². The smallest absolute Gasteiger partial charge is 0.326 e. The number of hydrogen-bond acceptors (Lipinski definition) is 11. The molecule has 1 saturated heterocycles. The normalized spacial score (nSPS) is 33.3. The first kappa shape index (κ1) is 30.8. The van der Waals surface area contributed by atoms with Gasteiger partial charge in [0.2, 0.25) is 12.3 Å². The lowest BCUT2D eigenvalue weighted by Crippen LogP contribution is -2.56. The Bertz CT molecular complexity index is 1220. The molecule has 3 rings (SSSR count). The van der Waals surface area contributed by atoms with E-state index in [1.807, 2.05) is 0 Å². The van der Waals surface area contributed by atoms with Gasteiger partial charge < -0.3 is 25.0 Å². The Hall–Kier alpha value is -2.78. The van der Waals surface area contributed by atoms with Crippen molar-refractivity contribution in [3.8, 4) is 0 Å². The van der Waals surface area contributed by atoms with Crippen LogP contribution in [0.4, 0.5) is 0 Å². The van der Waals surface area contributed by atoms with E-state index < -0.39 is 68.4 Å². The number of hydrogen-bond donors (Lipinski definition) is 3. The molecule has 0 saturated carbocycles. The summed E-state index contributed by atoms with van der Waals surface area (Å²) in [7, 11) is -1.44. The second-order valence-corrected chi connectivity index (χ2v) is 13.4. The number of ether oxygens (including phenoxy) is 1. The maximum absolute atomic E-state index is 13.2. The fourth-order valence-electron chi connectivity index (χ4n) is 4.04. The number of nitrogens with one attached hydrogen (secondary N) is 2. The Morgan fingerprint density at radius 3 is 2.74 bits per heavy atom. The summed E-state index contributed by atoms with van der Waals surface area (Å²) in [6.45, 7) is 4.22. The molecule has 14 heteroatoms. The van der Waals surface area contributed by atoms with Crippen LogP contribution in [0.1, 0.15) is 56.8 Å². The highest BCUT2D eigenvalue weighted by molar-refractivity contribution is 8.79. The first-order valence-electron chi connectivity index (χ1n) is 11.9. The summed E-state index contributed by atoms with van der Waals surface area (Å²) in [4.78, 5) is 65.7. The molecule has 2 bridgehead atoms. The zero-order valence-corrected chi connectivity index (χ0v) is 24.0. The predicted molar refractivity (Wildman–Crippen MR) is 148 cm³/mol. The molecule has 0 aliphatic carbocycles. The average Bonchev–Trinajstić information content (AvgIpc) is 3.40. The van der Waals surface area contributed by atoms with Crippen molar-refractivity contribution in [2.75, 3.05) is 6.54 Å². The van der Waals surface area contributed by atoms with Crippen molar-refractivity contribution >= 4 is 67.6 Å². The molecule has 0 radical (unpaired) electrons. The van der Waals surface area contributed by atoms with E-state index in [2.05, 4.69) is 15.6 Å². The van der Waals surface area contributed by atoms with E-state index in [0.717, 1.165) is 0 Å². The molecule has 210 valence electrons. The fourth-order valence-corrected chi connectivity index (χ4v) is 8.78. The molecule has 0 aromatic carbocycles. The minimum Gasteiger partial charge on any atom is -0.604 e. The van der Waals surface area contributed by atoms with Crippen molar-refractivity contribution < 1.29 is 38.4 Å². The number of carbonyl (C=O) groups is 5. The molecule has 5 atom stereocenters. The lowest BCUT2D eigenvalue weighted by atomic mass is 9.81. The van der Waals surface area contributed by atoms with Gasteiger partial charge in [-0.15, -0.1) is 11.3 Å². The number of carbonyl (C=O) groups excluding carboxylic acids is 5. The number of allylic oxidation sites excluding steroid dienone is 3. The summed E-state index contributed by atoms with van der Waals surface area (Å²) >= 11 is 1.31. The first-order chi connectivity index (χ1) is 18.4. The van der Waals surface area contributed by atoms with E-state index in [1.165, 1.54) is 36.5 Å². The summed E-state index contributed by atoms with van der Waals surface area (Å²) in [6.07, 6.45) is 6.08. The van der Waals surface area contributed by atoms with Gasteiger partial charge in [0.15, 0.2) is 33.0 Å². The zero-order chi connectivity index (χ0) is 28.8. The van der Waals surface area contributed by atoms with Crippen molar-refractivity contribution in [3.05, 3.63) is 46.0 Å². The SMILES string of the molecule is C/C1=C\C(OC(=O)CNC=O)C(=O)/C=C/C=C\c2csc(n2)C(C)NC(=O)C[C@@]2(CC1)[S+]([O-])SC(=O)[C@]2(C)O. The van der Waals surface area contributed by atoms with E-state index in [9.17, 15) is 33.6 Å². The summed E-state index contributed by atoms with van der Waals surface area (Å²) in [6, 6.07) is -0.480. The first-order valence-corrected chi connectivity index (χ1v) is 15.3. The van der Waals surface area contributed by atoms with Crippen molar-refractivity contribution in [1.29, 1.82) is 0 Å². The monoisotopic (exact) mass is 595 g/mol. The third-order valence-electron chi connectivity index (χ3n) is 6.36. The van der Waals surface area contributed by atoms with Crippen LogP contribution in [0.15, 0.2) is 35.3 Å². The van der Waals surface area contributed by atoms with E-state index in [4.69, 9.17) is 4.74 Å². The van der Waals surface area contributed by atoms with Crippen LogP contribution in [0, 0.1) is 0 Å². The Labute approximate surface area is 236 Å². The minimum atomic E-state index is -2.06. The van der Waals surface area contributed by atoms with E-state index in [-0.39, 0.29) is 12.8 Å². The molecule has 1 fully saturated rings. The molecular weight excluding hydrogens is 566 g/mol. The van der Waals surface area contributed by atoms with Gasteiger partial charge in [-0.1, -0.05) is 17.7 Å². The molecule has 39 heavy (non-hydrogen) atoms.